The highest BCUT2D eigenvalue weighted by Gasteiger charge is 2.07. The fourth-order valence-corrected chi connectivity index (χ4v) is 1.73. The molecule has 0 saturated carbocycles. The molecule has 0 fully saturated rings. The first-order chi connectivity index (χ1) is 4.22. The summed E-state index contributed by atoms with van der Waals surface area (Å²) >= 11 is 0. The molecule has 1 heteroatoms. The quantitative estimate of drug-likeness (QED) is 0.534. The second-order valence-electron chi connectivity index (χ2n) is 2.84. The maximum absolute atomic E-state index is 2.37. The van der Waals surface area contributed by atoms with Crippen LogP contribution < -0.4 is 0 Å². The zero-order chi connectivity index (χ0) is 7.28. The van der Waals surface area contributed by atoms with Gasteiger partial charge in [0.25, 0.3) is 0 Å². The van der Waals surface area contributed by atoms with Crippen LogP contribution in [-0.2, 0) is 0 Å². The average molecular weight is 146 g/mol. The van der Waals surface area contributed by atoms with E-state index in [4.69, 9.17) is 0 Å². The van der Waals surface area contributed by atoms with Gasteiger partial charge in [0.1, 0.15) is 0 Å². The van der Waals surface area contributed by atoms with E-state index < -0.39 is 0 Å². The molecule has 9 heavy (non-hydrogen) atoms. The van der Waals surface area contributed by atoms with Crippen molar-refractivity contribution in [2.24, 2.45) is 5.92 Å². The SMILES string of the molecule is CCCC(C)C(C)PC. The molecule has 0 N–H and O–H groups in total. The molecule has 0 radical (unpaired) electrons. The van der Waals surface area contributed by atoms with E-state index in [-0.39, 0.29) is 0 Å². The lowest BCUT2D eigenvalue weighted by Gasteiger charge is -2.16. The van der Waals surface area contributed by atoms with Crippen LogP contribution in [0.5, 0.6) is 0 Å². The normalized spacial score (nSPS) is 18.7. The average Bonchev–Trinajstić information content (AvgIpc) is 1.87. The molecule has 3 atom stereocenters. The van der Waals surface area contributed by atoms with Gasteiger partial charge in [0, 0.05) is 0 Å². The lowest BCUT2D eigenvalue weighted by atomic mass is 10.0. The van der Waals surface area contributed by atoms with Crippen LogP contribution in [0.4, 0.5) is 0 Å². The van der Waals surface area contributed by atoms with Crippen molar-refractivity contribution in [2.75, 3.05) is 6.66 Å². The predicted octanol–water partition coefficient (Wildman–Crippen LogP) is 3.12. The third-order valence-corrected chi connectivity index (χ3v) is 3.53. The van der Waals surface area contributed by atoms with Gasteiger partial charge in [-0.1, -0.05) is 33.6 Å². The van der Waals surface area contributed by atoms with Crippen LogP contribution in [0.25, 0.3) is 0 Å². The van der Waals surface area contributed by atoms with Crippen LogP contribution in [0.3, 0.4) is 0 Å². The molecular weight excluding hydrogens is 127 g/mol. The van der Waals surface area contributed by atoms with Crippen LogP contribution in [0.1, 0.15) is 33.6 Å². The van der Waals surface area contributed by atoms with Gasteiger partial charge in [-0.15, -0.1) is 8.58 Å². The summed E-state index contributed by atoms with van der Waals surface area (Å²) in [6, 6.07) is 0. The third-order valence-electron chi connectivity index (χ3n) is 2.05. The highest BCUT2D eigenvalue weighted by Crippen LogP contribution is 2.24. The van der Waals surface area contributed by atoms with Crippen molar-refractivity contribution < 1.29 is 0 Å². The van der Waals surface area contributed by atoms with E-state index >= 15 is 0 Å². The number of hydrogen-bond acceptors (Lipinski definition) is 0. The van der Waals surface area contributed by atoms with Crippen molar-refractivity contribution in [3.8, 4) is 0 Å². The molecule has 0 aliphatic heterocycles. The van der Waals surface area contributed by atoms with Gasteiger partial charge in [-0.25, -0.2) is 0 Å². The van der Waals surface area contributed by atoms with Gasteiger partial charge >= 0.3 is 0 Å². The topological polar surface area (TPSA) is 0 Å². The standard InChI is InChI=1S/C8H19P/c1-5-6-7(2)8(3)9-4/h7-9H,5-6H2,1-4H3. The van der Waals surface area contributed by atoms with E-state index in [1.807, 2.05) is 0 Å². The predicted molar refractivity (Wildman–Crippen MR) is 47.8 cm³/mol. The van der Waals surface area contributed by atoms with Crippen molar-refractivity contribution in [1.29, 1.82) is 0 Å². The van der Waals surface area contributed by atoms with Gasteiger partial charge in [0.05, 0.1) is 0 Å². The first-order valence-corrected chi connectivity index (χ1v) is 5.47. The minimum absolute atomic E-state index is 0.943. The molecule has 0 heterocycles. The highest BCUT2D eigenvalue weighted by molar-refractivity contribution is 7.37. The summed E-state index contributed by atoms with van der Waals surface area (Å²) in [4.78, 5) is 0. The number of hydrogen-bond donors (Lipinski definition) is 0. The summed E-state index contributed by atoms with van der Waals surface area (Å²) in [5, 5.41) is 0. The first kappa shape index (κ1) is 9.43. The number of rotatable bonds is 4. The molecule has 0 bridgehead atoms. The van der Waals surface area contributed by atoms with Gasteiger partial charge in [0.2, 0.25) is 0 Å². The Balaban J connectivity index is 3.32. The molecule has 0 saturated heterocycles. The van der Waals surface area contributed by atoms with Gasteiger partial charge in [-0.05, 0) is 18.2 Å². The van der Waals surface area contributed by atoms with Gasteiger partial charge < -0.3 is 0 Å². The first-order valence-electron chi connectivity index (χ1n) is 3.89. The van der Waals surface area contributed by atoms with Crippen molar-refractivity contribution in [1.82, 2.24) is 0 Å². The Morgan fingerprint density at radius 1 is 1.33 bits per heavy atom. The summed E-state index contributed by atoms with van der Waals surface area (Å²) < 4.78 is 0. The molecule has 0 aliphatic rings. The van der Waals surface area contributed by atoms with E-state index in [0.717, 1.165) is 20.2 Å². The summed E-state index contributed by atoms with van der Waals surface area (Å²) in [5.74, 6) is 0.943. The molecule has 0 amide bonds. The fraction of sp³-hybridized carbons (Fsp3) is 1.00. The minimum atomic E-state index is 0.943. The van der Waals surface area contributed by atoms with Crippen LogP contribution in [0, 0.1) is 5.92 Å². The largest absolute Gasteiger partial charge is 0.122 e. The van der Waals surface area contributed by atoms with Gasteiger partial charge in [0.15, 0.2) is 0 Å². The zero-order valence-corrected chi connectivity index (χ0v) is 8.07. The minimum Gasteiger partial charge on any atom is -0.122 e. The molecule has 0 aromatic carbocycles. The van der Waals surface area contributed by atoms with Crippen molar-refractivity contribution >= 4 is 8.58 Å². The Morgan fingerprint density at radius 3 is 2.22 bits per heavy atom. The summed E-state index contributed by atoms with van der Waals surface area (Å²) in [6.45, 7) is 9.29. The molecule has 56 valence electrons. The van der Waals surface area contributed by atoms with E-state index in [2.05, 4.69) is 27.4 Å². The van der Waals surface area contributed by atoms with Gasteiger partial charge in [-0.2, -0.15) is 0 Å². The second kappa shape index (κ2) is 5.23. The van der Waals surface area contributed by atoms with Gasteiger partial charge in [-0.3, -0.25) is 0 Å². The summed E-state index contributed by atoms with van der Waals surface area (Å²) in [6.07, 6.45) is 2.75. The second-order valence-corrected chi connectivity index (χ2v) is 4.33. The van der Waals surface area contributed by atoms with E-state index in [1.165, 1.54) is 12.8 Å². The fourth-order valence-electron chi connectivity index (χ4n) is 0.990. The Kier molecular flexibility index (Phi) is 5.48. The molecule has 0 rings (SSSR count). The Hall–Kier alpha value is 0.430. The Labute approximate surface area is 61.2 Å². The molecule has 0 nitrogen and oxygen atoms in total. The Morgan fingerprint density at radius 2 is 1.89 bits per heavy atom. The summed E-state index contributed by atoms with van der Waals surface area (Å²) in [7, 11) is 1.12. The van der Waals surface area contributed by atoms with Crippen LogP contribution in [0.2, 0.25) is 0 Å². The maximum atomic E-state index is 2.37. The summed E-state index contributed by atoms with van der Waals surface area (Å²) in [5.41, 5.74) is 0.949. The van der Waals surface area contributed by atoms with E-state index in [1.54, 1.807) is 0 Å². The molecular formula is C8H19P. The van der Waals surface area contributed by atoms with E-state index in [9.17, 15) is 0 Å². The molecule has 0 spiro atoms. The Bertz CT molecular complexity index is 61.6. The van der Waals surface area contributed by atoms with E-state index in [0.29, 0.717) is 0 Å². The van der Waals surface area contributed by atoms with Crippen LogP contribution in [0.15, 0.2) is 0 Å². The van der Waals surface area contributed by atoms with Crippen molar-refractivity contribution in [2.45, 2.75) is 39.3 Å². The van der Waals surface area contributed by atoms with Crippen molar-refractivity contribution in [3.63, 3.8) is 0 Å². The lowest BCUT2D eigenvalue weighted by Crippen LogP contribution is -2.07. The lowest BCUT2D eigenvalue weighted by molar-refractivity contribution is 0.519. The van der Waals surface area contributed by atoms with Crippen molar-refractivity contribution in [3.05, 3.63) is 0 Å². The van der Waals surface area contributed by atoms with Crippen LogP contribution in [-0.4, -0.2) is 12.3 Å². The monoisotopic (exact) mass is 146 g/mol. The smallest absolute Gasteiger partial charge is 0.0242 e. The third kappa shape index (κ3) is 3.92. The zero-order valence-electron chi connectivity index (χ0n) is 7.07. The highest BCUT2D eigenvalue weighted by atomic mass is 31.1. The maximum Gasteiger partial charge on any atom is -0.0242 e. The van der Waals surface area contributed by atoms with Crippen LogP contribution >= 0.6 is 8.58 Å². The molecule has 3 unspecified atom stereocenters. The molecule has 0 aromatic rings. The molecule has 0 aromatic heterocycles. The molecule has 0 aliphatic carbocycles.